The molecule has 154 valence electrons. The summed E-state index contributed by atoms with van der Waals surface area (Å²) in [7, 11) is 0. The molecular formula is C25H39N3. The van der Waals surface area contributed by atoms with E-state index < -0.39 is 0 Å². The summed E-state index contributed by atoms with van der Waals surface area (Å²) < 4.78 is 0. The lowest BCUT2D eigenvalue weighted by molar-refractivity contribution is 0.263. The molecule has 0 atom stereocenters. The minimum atomic E-state index is 0.790. The normalized spacial score (nSPS) is 11.2. The van der Waals surface area contributed by atoms with Crippen LogP contribution < -0.4 is 11.1 Å². The fourth-order valence-corrected chi connectivity index (χ4v) is 3.57. The molecule has 3 N–H and O–H groups in total. The van der Waals surface area contributed by atoms with Crippen molar-refractivity contribution in [2.24, 2.45) is 5.73 Å². The zero-order valence-corrected chi connectivity index (χ0v) is 17.5. The highest BCUT2D eigenvalue weighted by Gasteiger charge is 2.04. The molecule has 0 aliphatic heterocycles. The maximum absolute atomic E-state index is 5.72. The molecule has 28 heavy (non-hydrogen) atoms. The molecular weight excluding hydrogens is 342 g/mol. The Morgan fingerprint density at radius 1 is 0.607 bits per heavy atom. The van der Waals surface area contributed by atoms with E-state index in [0.717, 1.165) is 32.6 Å². The first kappa shape index (κ1) is 22.6. The highest BCUT2D eigenvalue weighted by molar-refractivity contribution is 5.15. The van der Waals surface area contributed by atoms with Gasteiger partial charge in [0.25, 0.3) is 0 Å². The quantitative estimate of drug-likeness (QED) is 0.427. The highest BCUT2D eigenvalue weighted by atomic mass is 15.1. The van der Waals surface area contributed by atoms with E-state index in [0.29, 0.717) is 0 Å². The predicted molar refractivity (Wildman–Crippen MR) is 122 cm³/mol. The van der Waals surface area contributed by atoms with Crippen molar-refractivity contribution in [3.63, 3.8) is 0 Å². The average molecular weight is 382 g/mol. The summed E-state index contributed by atoms with van der Waals surface area (Å²) in [6.45, 7) is 6.54. The summed E-state index contributed by atoms with van der Waals surface area (Å²) in [4.78, 5) is 2.60. The number of nitrogens with zero attached hydrogens (tertiary/aromatic N) is 1. The molecule has 0 aromatic heterocycles. The van der Waals surface area contributed by atoms with Gasteiger partial charge in [-0.25, -0.2) is 0 Å². The van der Waals surface area contributed by atoms with E-state index in [1.54, 1.807) is 0 Å². The predicted octanol–water partition coefficient (Wildman–Crippen LogP) is 4.27. The molecule has 2 rings (SSSR count). The van der Waals surface area contributed by atoms with Crippen molar-refractivity contribution in [1.82, 2.24) is 10.2 Å². The number of unbranched alkanes of at least 4 members (excludes halogenated alkanes) is 1. The third-order valence-corrected chi connectivity index (χ3v) is 5.20. The molecule has 0 saturated carbocycles. The van der Waals surface area contributed by atoms with Crippen molar-refractivity contribution in [2.45, 2.75) is 44.9 Å². The van der Waals surface area contributed by atoms with Gasteiger partial charge in [-0.15, -0.1) is 0 Å². The molecule has 0 spiro atoms. The molecule has 0 saturated heterocycles. The van der Waals surface area contributed by atoms with Crippen LogP contribution in [0.4, 0.5) is 0 Å². The summed E-state index contributed by atoms with van der Waals surface area (Å²) >= 11 is 0. The zero-order valence-electron chi connectivity index (χ0n) is 17.5. The molecule has 2 aromatic carbocycles. The van der Waals surface area contributed by atoms with E-state index >= 15 is 0 Å². The highest BCUT2D eigenvalue weighted by Crippen LogP contribution is 2.05. The fourth-order valence-electron chi connectivity index (χ4n) is 3.57. The molecule has 0 fully saturated rings. The van der Waals surface area contributed by atoms with Crippen molar-refractivity contribution in [1.29, 1.82) is 0 Å². The second-order valence-corrected chi connectivity index (χ2v) is 7.62. The SMILES string of the molecule is NCCCN(CCCCNCCCc1ccccc1)CCCc1ccccc1. The van der Waals surface area contributed by atoms with Gasteiger partial charge in [0.15, 0.2) is 0 Å². The lowest BCUT2D eigenvalue weighted by Gasteiger charge is -2.22. The molecule has 0 bridgehead atoms. The topological polar surface area (TPSA) is 41.3 Å². The second kappa shape index (κ2) is 15.3. The van der Waals surface area contributed by atoms with E-state index in [9.17, 15) is 0 Å². The van der Waals surface area contributed by atoms with E-state index in [2.05, 4.69) is 70.9 Å². The van der Waals surface area contributed by atoms with Gasteiger partial charge in [0, 0.05) is 0 Å². The van der Waals surface area contributed by atoms with Crippen LogP contribution in [-0.4, -0.2) is 44.2 Å². The summed E-state index contributed by atoms with van der Waals surface area (Å²) in [6, 6.07) is 21.6. The van der Waals surface area contributed by atoms with Crippen LogP contribution in [0.3, 0.4) is 0 Å². The van der Waals surface area contributed by atoms with E-state index in [1.165, 1.54) is 62.7 Å². The molecule has 3 nitrogen and oxygen atoms in total. The number of rotatable bonds is 16. The Labute approximate surface area is 172 Å². The lowest BCUT2D eigenvalue weighted by Crippen LogP contribution is -2.29. The molecule has 0 radical (unpaired) electrons. The van der Waals surface area contributed by atoms with Crippen LogP contribution in [0.2, 0.25) is 0 Å². The first-order valence-electron chi connectivity index (χ1n) is 11.1. The van der Waals surface area contributed by atoms with Crippen LogP contribution in [0.1, 0.15) is 43.2 Å². The van der Waals surface area contributed by atoms with Crippen LogP contribution in [0, 0.1) is 0 Å². The van der Waals surface area contributed by atoms with Gasteiger partial charge in [0.1, 0.15) is 0 Å². The minimum absolute atomic E-state index is 0.790. The number of nitrogens with one attached hydrogen (secondary N) is 1. The summed E-state index contributed by atoms with van der Waals surface area (Å²) in [5.74, 6) is 0. The lowest BCUT2D eigenvalue weighted by atomic mass is 10.1. The Balaban J connectivity index is 1.50. The Morgan fingerprint density at radius 2 is 1.14 bits per heavy atom. The Hall–Kier alpha value is -1.68. The molecule has 0 heterocycles. The van der Waals surface area contributed by atoms with Gasteiger partial charge in [-0.1, -0.05) is 60.7 Å². The largest absolute Gasteiger partial charge is 0.330 e. The van der Waals surface area contributed by atoms with Crippen molar-refractivity contribution >= 4 is 0 Å². The smallest absolute Gasteiger partial charge is 0.000672 e. The van der Waals surface area contributed by atoms with Gasteiger partial charge in [-0.05, 0) is 95.3 Å². The Bertz CT molecular complexity index is 585. The van der Waals surface area contributed by atoms with Crippen LogP contribution >= 0.6 is 0 Å². The molecule has 3 heteroatoms. The Kier molecular flexibility index (Phi) is 12.3. The maximum atomic E-state index is 5.72. The van der Waals surface area contributed by atoms with Crippen LogP contribution in [0.25, 0.3) is 0 Å². The molecule has 2 aromatic rings. The minimum Gasteiger partial charge on any atom is -0.330 e. The van der Waals surface area contributed by atoms with Gasteiger partial charge in [-0.2, -0.15) is 0 Å². The van der Waals surface area contributed by atoms with Crippen LogP contribution in [0.15, 0.2) is 60.7 Å². The standard InChI is InChI=1S/C25H39N3/c26-18-11-23-28(22-10-17-25-14-5-2-6-15-25)21-8-7-19-27-20-9-16-24-12-3-1-4-13-24/h1-6,12-15,27H,7-11,16-23,26H2. The number of benzene rings is 2. The van der Waals surface area contributed by atoms with Crippen LogP contribution in [-0.2, 0) is 12.8 Å². The third-order valence-electron chi connectivity index (χ3n) is 5.20. The molecule has 0 aliphatic carbocycles. The van der Waals surface area contributed by atoms with Gasteiger partial charge in [0.2, 0.25) is 0 Å². The van der Waals surface area contributed by atoms with Gasteiger partial charge in [0.05, 0.1) is 0 Å². The summed E-state index contributed by atoms with van der Waals surface area (Å²) in [6.07, 6.45) is 8.40. The first-order chi connectivity index (χ1) is 13.9. The van der Waals surface area contributed by atoms with Gasteiger partial charge >= 0.3 is 0 Å². The number of hydrogen-bond donors (Lipinski definition) is 2. The van der Waals surface area contributed by atoms with Crippen molar-refractivity contribution in [3.05, 3.63) is 71.8 Å². The van der Waals surface area contributed by atoms with Crippen molar-refractivity contribution in [2.75, 3.05) is 39.3 Å². The number of aryl methyl sites for hydroxylation is 2. The Morgan fingerprint density at radius 3 is 1.79 bits per heavy atom. The molecule has 0 amide bonds. The monoisotopic (exact) mass is 381 g/mol. The summed E-state index contributed by atoms with van der Waals surface area (Å²) in [5, 5.41) is 3.60. The third kappa shape index (κ3) is 10.6. The average Bonchev–Trinajstić information content (AvgIpc) is 2.75. The van der Waals surface area contributed by atoms with Crippen molar-refractivity contribution in [3.8, 4) is 0 Å². The van der Waals surface area contributed by atoms with E-state index in [-0.39, 0.29) is 0 Å². The van der Waals surface area contributed by atoms with Gasteiger partial charge < -0.3 is 16.0 Å². The van der Waals surface area contributed by atoms with Crippen molar-refractivity contribution < 1.29 is 0 Å². The fraction of sp³-hybridized carbons (Fsp3) is 0.520. The summed E-state index contributed by atoms with van der Waals surface area (Å²) in [5.41, 5.74) is 8.61. The van der Waals surface area contributed by atoms with E-state index in [1.807, 2.05) is 0 Å². The maximum Gasteiger partial charge on any atom is -0.000672 e. The van der Waals surface area contributed by atoms with Gasteiger partial charge in [-0.3, -0.25) is 0 Å². The number of hydrogen-bond acceptors (Lipinski definition) is 3. The first-order valence-corrected chi connectivity index (χ1v) is 11.1. The second-order valence-electron chi connectivity index (χ2n) is 7.62. The number of nitrogens with two attached hydrogens (primary N) is 1. The molecule has 0 aliphatic rings. The van der Waals surface area contributed by atoms with Crippen LogP contribution in [0.5, 0.6) is 0 Å². The van der Waals surface area contributed by atoms with E-state index in [4.69, 9.17) is 5.73 Å². The zero-order chi connectivity index (χ0) is 19.7. The molecule has 0 unspecified atom stereocenters.